The third-order valence-electron chi connectivity index (χ3n) is 3.82. The van der Waals surface area contributed by atoms with Gasteiger partial charge in [-0.1, -0.05) is 18.2 Å². The summed E-state index contributed by atoms with van der Waals surface area (Å²) in [6.07, 6.45) is 3.74. The Hall–Kier alpha value is -2.20. The normalized spacial score (nSPS) is 12.2. The molecule has 0 saturated heterocycles. The minimum absolute atomic E-state index is 0.265. The smallest absolute Gasteiger partial charge is 0.338 e. The largest absolute Gasteiger partial charge is 0.462 e. The molecule has 0 spiro atoms. The van der Waals surface area contributed by atoms with E-state index in [0.29, 0.717) is 12.2 Å². The van der Waals surface area contributed by atoms with Gasteiger partial charge in [-0.2, -0.15) is 0 Å². The first-order valence-electron chi connectivity index (χ1n) is 7.95. The number of hydrogen-bond donors (Lipinski definition) is 0. The first-order chi connectivity index (χ1) is 11.1. The second-order valence-corrected chi connectivity index (χ2v) is 5.69. The van der Waals surface area contributed by atoms with Crippen LogP contribution in [0.15, 0.2) is 48.7 Å². The number of nitrogens with zero attached hydrogens (tertiary/aromatic N) is 2. The van der Waals surface area contributed by atoms with Gasteiger partial charge in [0.15, 0.2) is 0 Å². The number of ether oxygens (including phenoxy) is 1. The summed E-state index contributed by atoms with van der Waals surface area (Å²) in [5.41, 5.74) is 2.89. The lowest BCUT2D eigenvalue weighted by Gasteiger charge is -2.23. The highest BCUT2D eigenvalue weighted by Crippen LogP contribution is 2.22. The van der Waals surface area contributed by atoms with Crippen molar-refractivity contribution >= 4 is 5.97 Å². The van der Waals surface area contributed by atoms with Crippen molar-refractivity contribution in [2.75, 3.05) is 20.7 Å². The van der Waals surface area contributed by atoms with Crippen LogP contribution in [0.1, 0.15) is 41.0 Å². The van der Waals surface area contributed by atoms with E-state index in [9.17, 15) is 4.79 Å². The van der Waals surface area contributed by atoms with Crippen LogP contribution in [0.3, 0.4) is 0 Å². The van der Waals surface area contributed by atoms with Crippen molar-refractivity contribution in [1.29, 1.82) is 0 Å². The SMILES string of the molecule is CCOC(=O)c1ccc(CCC(c2ccccn2)N(C)C)cc1. The molecule has 2 aromatic rings. The molecule has 0 aliphatic heterocycles. The van der Waals surface area contributed by atoms with Gasteiger partial charge in [0.2, 0.25) is 0 Å². The predicted octanol–water partition coefficient (Wildman–Crippen LogP) is 3.49. The zero-order valence-corrected chi connectivity index (χ0v) is 14.0. The second kappa shape index (κ2) is 8.44. The summed E-state index contributed by atoms with van der Waals surface area (Å²) in [7, 11) is 4.15. The molecule has 1 heterocycles. The molecule has 1 aromatic heterocycles. The van der Waals surface area contributed by atoms with E-state index in [2.05, 4.69) is 30.0 Å². The Labute approximate surface area is 138 Å². The monoisotopic (exact) mass is 312 g/mol. The Kier molecular flexibility index (Phi) is 6.29. The van der Waals surface area contributed by atoms with E-state index in [1.165, 1.54) is 5.56 Å². The summed E-state index contributed by atoms with van der Waals surface area (Å²) in [5.74, 6) is -0.265. The third kappa shape index (κ3) is 4.89. The molecule has 0 aliphatic carbocycles. The number of rotatable bonds is 7. The molecule has 1 atom stereocenters. The molecule has 0 N–H and O–H groups in total. The van der Waals surface area contributed by atoms with Crippen molar-refractivity contribution in [2.24, 2.45) is 0 Å². The molecule has 4 nitrogen and oxygen atoms in total. The number of esters is 1. The van der Waals surface area contributed by atoms with Crippen LogP contribution in [0, 0.1) is 0 Å². The number of pyridine rings is 1. The maximum Gasteiger partial charge on any atom is 0.338 e. The molecule has 2 rings (SSSR count). The summed E-state index contributed by atoms with van der Waals surface area (Å²) >= 11 is 0. The average molecular weight is 312 g/mol. The molecule has 0 radical (unpaired) electrons. The van der Waals surface area contributed by atoms with E-state index < -0.39 is 0 Å². The topological polar surface area (TPSA) is 42.4 Å². The van der Waals surface area contributed by atoms with Crippen LogP contribution >= 0.6 is 0 Å². The lowest BCUT2D eigenvalue weighted by Crippen LogP contribution is -2.21. The van der Waals surface area contributed by atoms with E-state index in [-0.39, 0.29) is 12.0 Å². The number of aromatic nitrogens is 1. The van der Waals surface area contributed by atoms with Gasteiger partial charge in [-0.05, 0) is 63.7 Å². The highest BCUT2D eigenvalue weighted by atomic mass is 16.5. The maximum atomic E-state index is 11.7. The van der Waals surface area contributed by atoms with Crippen molar-refractivity contribution < 1.29 is 9.53 Å². The molecule has 4 heteroatoms. The van der Waals surface area contributed by atoms with E-state index >= 15 is 0 Å². The fourth-order valence-corrected chi connectivity index (χ4v) is 2.57. The van der Waals surface area contributed by atoms with Crippen molar-refractivity contribution in [2.45, 2.75) is 25.8 Å². The van der Waals surface area contributed by atoms with Gasteiger partial charge in [0.05, 0.1) is 23.9 Å². The molecule has 1 unspecified atom stereocenters. The predicted molar refractivity (Wildman–Crippen MR) is 91.4 cm³/mol. The molecular weight excluding hydrogens is 288 g/mol. The molecule has 0 bridgehead atoms. The number of carbonyl (C=O) groups is 1. The maximum absolute atomic E-state index is 11.7. The zero-order chi connectivity index (χ0) is 16.7. The third-order valence-corrected chi connectivity index (χ3v) is 3.82. The Bertz CT molecular complexity index is 609. The van der Waals surface area contributed by atoms with Gasteiger partial charge in [-0.3, -0.25) is 4.98 Å². The van der Waals surface area contributed by atoms with E-state index in [4.69, 9.17) is 4.74 Å². The molecule has 0 saturated carbocycles. The summed E-state index contributed by atoms with van der Waals surface area (Å²) in [6, 6.07) is 14.0. The van der Waals surface area contributed by atoms with Crippen LogP contribution < -0.4 is 0 Å². The fraction of sp³-hybridized carbons (Fsp3) is 0.368. The van der Waals surface area contributed by atoms with Crippen LogP contribution in [0.5, 0.6) is 0 Å². The minimum Gasteiger partial charge on any atom is -0.462 e. The Morgan fingerprint density at radius 1 is 1.17 bits per heavy atom. The minimum atomic E-state index is -0.265. The van der Waals surface area contributed by atoms with Gasteiger partial charge in [0.1, 0.15) is 0 Å². The molecule has 0 fully saturated rings. The van der Waals surface area contributed by atoms with Gasteiger partial charge >= 0.3 is 5.97 Å². The quantitative estimate of drug-likeness (QED) is 0.734. The standard InChI is InChI=1S/C19H24N2O2/c1-4-23-19(22)16-11-8-15(9-12-16)10-13-18(21(2)3)17-7-5-6-14-20-17/h5-9,11-12,14,18H,4,10,13H2,1-3H3. The van der Waals surface area contributed by atoms with E-state index in [0.717, 1.165) is 18.5 Å². The number of carbonyl (C=O) groups excluding carboxylic acids is 1. The molecule has 0 aliphatic rings. The van der Waals surface area contributed by atoms with Gasteiger partial charge in [0.25, 0.3) is 0 Å². The molecule has 1 aromatic carbocycles. The Balaban J connectivity index is 2.00. The van der Waals surface area contributed by atoms with Gasteiger partial charge in [0, 0.05) is 6.20 Å². The fourth-order valence-electron chi connectivity index (χ4n) is 2.57. The Morgan fingerprint density at radius 3 is 2.48 bits per heavy atom. The van der Waals surface area contributed by atoms with Gasteiger partial charge < -0.3 is 9.64 Å². The van der Waals surface area contributed by atoms with E-state index in [1.807, 2.05) is 49.5 Å². The first kappa shape index (κ1) is 17.2. The van der Waals surface area contributed by atoms with Gasteiger partial charge in [-0.25, -0.2) is 4.79 Å². The summed E-state index contributed by atoms with van der Waals surface area (Å²) < 4.78 is 5.00. The average Bonchev–Trinajstić information content (AvgIpc) is 2.56. The van der Waals surface area contributed by atoms with Crippen molar-refractivity contribution in [3.05, 3.63) is 65.5 Å². The molecular formula is C19H24N2O2. The first-order valence-corrected chi connectivity index (χ1v) is 7.95. The van der Waals surface area contributed by atoms with Crippen LogP contribution in [0.25, 0.3) is 0 Å². The summed E-state index contributed by atoms with van der Waals surface area (Å²) in [4.78, 5) is 18.3. The van der Waals surface area contributed by atoms with Gasteiger partial charge in [-0.15, -0.1) is 0 Å². The summed E-state index contributed by atoms with van der Waals surface area (Å²) in [5, 5.41) is 0. The number of benzene rings is 1. The molecule has 0 amide bonds. The molecule has 23 heavy (non-hydrogen) atoms. The number of aryl methyl sites for hydroxylation is 1. The highest BCUT2D eigenvalue weighted by Gasteiger charge is 2.15. The van der Waals surface area contributed by atoms with E-state index in [1.54, 1.807) is 0 Å². The molecule has 122 valence electrons. The highest BCUT2D eigenvalue weighted by molar-refractivity contribution is 5.89. The van der Waals surface area contributed by atoms with Crippen LogP contribution in [-0.2, 0) is 11.2 Å². The van der Waals surface area contributed by atoms with Crippen LogP contribution in [0.4, 0.5) is 0 Å². The lowest BCUT2D eigenvalue weighted by atomic mass is 10.0. The van der Waals surface area contributed by atoms with Crippen molar-refractivity contribution in [3.8, 4) is 0 Å². The zero-order valence-electron chi connectivity index (χ0n) is 14.0. The number of hydrogen-bond acceptors (Lipinski definition) is 4. The summed E-state index contributed by atoms with van der Waals surface area (Å²) in [6.45, 7) is 2.21. The lowest BCUT2D eigenvalue weighted by molar-refractivity contribution is 0.0526. The van der Waals surface area contributed by atoms with Crippen LogP contribution in [0.2, 0.25) is 0 Å². The second-order valence-electron chi connectivity index (χ2n) is 5.69. The van der Waals surface area contributed by atoms with Crippen molar-refractivity contribution in [1.82, 2.24) is 9.88 Å². The van der Waals surface area contributed by atoms with Crippen molar-refractivity contribution in [3.63, 3.8) is 0 Å². The Morgan fingerprint density at radius 2 is 1.91 bits per heavy atom. The van der Waals surface area contributed by atoms with Crippen LogP contribution in [-0.4, -0.2) is 36.6 Å².